The fraction of sp³-hybridized carbons (Fsp3) is 0.333. The van der Waals surface area contributed by atoms with Gasteiger partial charge in [0.05, 0.1) is 16.0 Å². The minimum Gasteiger partial charge on any atom is -0.316 e. The number of aromatic amines is 2. The van der Waals surface area contributed by atoms with Gasteiger partial charge in [0.2, 0.25) is 0 Å². The predicted molar refractivity (Wildman–Crippen MR) is 74.0 cm³/mol. The molecule has 2 aromatic rings. The van der Waals surface area contributed by atoms with E-state index in [0.29, 0.717) is 29.6 Å². The molecule has 0 spiro atoms. The topological polar surface area (TPSA) is 121 Å². The lowest BCUT2D eigenvalue weighted by atomic mass is 10.0. The number of hydrogen-bond donors (Lipinski definition) is 3. The summed E-state index contributed by atoms with van der Waals surface area (Å²) in [6.07, 6.45) is 0.449. The third kappa shape index (κ3) is 2.21. The molecule has 0 saturated carbocycles. The van der Waals surface area contributed by atoms with Gasteiger partial charge in [-0.2, -0.15) is 0 Å². The van der Waals surface area contributed by atoms with Gasteiger partial charge in [0.1, 0.15) is 0 Å². The van der Waals surface area contributed by atoms with Crippen LogP contribution in [-0.4, -0.2) is 21.9 Å². The molecule has 0 bridgehead atoms. The Hall–Kier alpha value is -2.48. The van der Waals surface area contributed by atoms with Crippen LogP contribution in [0.5, 0.6) is 0 Å². The summed E-state index contributed by atoms with van der Waals surface area (Å²) < 4.78 is 0. The van der Waals surface area contributed by atoms with Crippen molar-refractivity contribution in [1.29, 1.82) is 0 Å². The molecule has 3 N–H and O–H groups in total. The summed E-state index contributed by atoms with van der Waals surface area (Å²) in [5.74, 6) is 0. The number of nitrogens with one attached hydrogen (secondary N) is 3. The van der Waals surface area contributed by atoms with Crippen molar-refractivity contribution >= 4 is 16.7 Å². The van der Waals surface area contributed by atoms with Crippen LogP contribution in [0.3, 0.4) is 0 Å². The molecule has 0 aliphatic carbocycles. The summed E-state index contributed by atoms with van der Waals surface area (Å²) in [7, 11) is 1.70. The van der Waals surface area contributed by atoms with Crippen molar-refractivity contribution in [2.75, 3.05) is 7.05 Å². The Morgan fingerprint density at radius 1 is 1.25 bits per heavy atom. The second-order valence-corrected chi connectivity index (χ2v) is 4.32. The first-order valence-corrected chi connectivity index (χ1v) is 6.09. The maximum absolute atomic E-state index is 11.5. The number of nitro groups is 1. The van der Waals surface area contributed by atoms with E-state index < -0.39 is 16.0 Å². The molecule has 8 nitrogen and oxygen atoms in total. The fourth-order valence-corrected chi connectivity index (χ4v) is 2.28. The van der Waals surface area contributed by atoms with E-state index in [1.807, 2.05) is 0 Å². The molecule has 0 radical (unpaired) electrons. The van der Waals surface area contributed by atoms with Gasteiger partial charge >= 0.3 is 11.1 Å². The van der Waals surface area contributed by atoms with Gasteiger partial charge in [0.15, 0.2) is 0 Å². The molecule has 0 aliphatic rings. The van der Waals surface area contributed by atoms with E-state index in [9.17, 15) is 19.7 Å². The highest BCUT2D eigenvalue weighted by Crippen LogP contribution is 2.28. The summed E-state index contributed by atoms with van der Waals surface area (Å²) >= 11 is 0. The highest BCUT2D eigenvalue weighted by Gasteiger charge is 2.20. The lowest BCUT2D eigenvalue weighted by molar-refractivity contribution is -0.385. The standard InChI is InChI=1S/C12H14N4O4/c1-3-6-7(5-13-2)10-8(4-9(6)16(19)20)14-11(17)12(18)15-10/h4,13H,3,5H2,1-2H3,(H,14,17)(H,15,18). The maximum Gasteiger partial charge on any atom is 0.314 e. The van der Waals surface area contributed by atoms with Crippen molar-refractivity contribution in [2.45, 2.75) is 19.9 Å². The highest BCUT2D eigenvalue weighted by atomic mass is 16.6. The van der Waals surface area contributed by atoms with Crippen molar-refractivity contribution < 1.29 is 4.92 Å². The molecule has 0 fully saturated rings. The molecule has 1 aromatic heterocycles. The summed E-state index contributed by atoms with van der Waals surface area (Å²) in [5.41, 5.74) is 0.174. The molecule has 1 heterocycles. The summed E-state index contributed by atoms with van der Waals surface area (Å²) in [4.78, 5) is 38.3. The van der Waals surface area contributed by atoms with Gasteiger partial charge in [0, 0.05) is 23.7 Å². The average molecular weight is 278 g/mol. The number of fused-ring (bicyclic) bond motifs is 1. The Bertz CT molecular complexity index is 790. The van der Waals surface area contributed by atoms with Crippen LogP contribution in [0.1, 0.15) is 18.1 Å². The Labute approximate surface area is 113 Å². The minimum atomic E-state index is -0.827. The van der Waals surface area contributed by atoms with Crippen LogP contribution < -0.4 is 16.4 Å². The summed E-state index contributed by atoms with van der Waals surface area (Å²) in [6.45, 7) is 2.15. The van der Waals surface area contributed by atoms with Crippen LogP contribution in [0.15, 0.2) is 15.7 Å². The number of aromatic nitrogens is 2. The van der Waals surface area contributed by atoms with Crippen LogP contribution in [0, 0.1) is 10.1 Å². The monoisotopic (exact) mass is 278 g/mol. The fourth-order valence-electron chi connectivity index (χ4n) is 2.28. The van der Waals surface area contributed by atoms with E-state index in [1.54, 1.807) is 14.0 Å². The third-order valence-electron chi connectivity index (χ3n) is 3.12. The number of rotatable bonds is 4. The number of benzene rings is 1. The van der Waals surface area contributed by atoms with Crippen LogP contribution in [0.2, 0.25) is 0 Å². The molecule has 20 heavy (non-hydrogen) atoms. The van der Waals surface area contributed by atoms with Crippen molar-refractivity contribution in [3.63, 3.8) is 0 Å². The molecule has 1 aromatic carbocycles. The Balaban J connectivity index is 2.97. The third-order valence-corrected chi connectivity index (χ3v) is 3.12. The lowest BCUT2D eigenvalue weighted by Crippen LogP contribution is -2.29. The van der Waals surface area contributed by atoms with E-state index in [-0.39, 0.29) is 11.2 Å². The van der Waals surface area contributed by atoms with Crippen molar-refractivity contribution in [2.24, 2.45) is 0 Å². The van der Waals surface area contributed by atoms with E-state index >= 15 is 0 Å². The lowest BCUT2D eigenvalue weighted by Gasteiger charge is -2.11. The van der Waals surface area contributed by atoms with E-state index in [0.717, 1.165) is 0 Å². The predicted octanol–water partition coefficient (Wildman–Crippen LogP) is 0.406. The number of nitrogens with zero attached hydrogens (tertiary/aromatic N) is 1. The van der Waals surface area contributed by atoms with E-state index in [4.69, 9.17) is 0 Å². The van der Waals surface area contributed by atoms with Crippen molar-refractivity contribution in [1.82, 2.24) is 15.3 Å². The molecule has 8 heteroatoms. The normalized spacial score (nSPS) is 10.9. The first kappa shape index (κ1) is 13.9. The van der Waals surface area contributed by atoms with Gasteiger partial charge in [-0.3, -0.25) is 19.7 Å². The second kappa shape index (κ2) is 5.25. The smallest absolute Gasteiger partial charge is 0.314 e. The average Bonchev–Trinajstić information content (AvgIpc) is 2.40. The zero-order valence-corrected chi connectivity index (χ0v) is 11.1. The number of hydrogen-bond acceptors (Lipinski definition) is 5. The minimum absolute atomic E-state index is 0.0621. The van der Waals surface area contributed by atoms with Crippen LogP contribution in [0.4, 0.5) is 5.69 Å². The van der Waals surface area contributed by atoms with Crippen molar-refractivity contribution in [3.05, 3.63) is 48.0 Å². The Kier molecular flexibility index (Phi) is 3.66. The molecule has 0 saturated heterocycles. The van der Waals surface area contributed by atoms with Crippen molar-refractivity contribution in [3.8, 4) is 0 Å². The molecular formula is C12H14N4O4. The van der Waals surface area contributed by atoms with Gasteiger partial charge in [0.25, 0.3) is 5.69 Å². The molecular weight excluding hydrogens is 264 g/mol. The van der Waals surface area contributed by atoms with Crippen LogP contribution in [-0.2, 0) is 13.0 Å². The zero-order chi connectivity index (χ0) is 14.9. The van der Waals surface area contributed by atoms with E-state index in [2.05, 4.69) is 15.3 Å². The zero-order valence-electron chi connectivity index (χ0n) is 11.1. The summed E-state index contributed by atoms with van der Waals surface area (Å²) in [6, 6.07) is 1.28. The summed E-state index contributed by atoms with van der Waals surface area (Å²) in [5, 5.41) is 14.1. The quantitative estimate of drug-likeness (QED) is 0.425. The maximum atomic E-state index is 11.5. The molecule has 0 aliphatic heterocycles. The largest absolute Gasteiger partial charge is 0.316 e. The van der Waals surface area contributed by atoms with Gasteiger partial charge in [-0.05, 0) is 13.5 Å². The highest BCUT2D eigenvalue weighted by molar-refractivity contribution is 5.82. The molecule has 0 atom stereocenters. The molecule has 0 amide bonds. The molecule has 106 valence electrons. The first-order valence-electron chi connectivity index (χ1n) is 6.09. The first-order chi connectivity index (χ1) is 9.49. The van der Waals surface area contributed by atoms with Crippen LogP contribution in [0.25, 0.3) is 11.0 Å². The number of H-pyrrole nitrogens is 2. The van der Waals surface area contributed by atoms with Gasteiger partial charge < -0.3 is 15.3 Å². The van der Waals surface area contributed by atoms with Gasteiger partial charge in [-0.15, -0.1) is 0 Å². The van der Waals surface area contributed by atoms with Gasteiger partial charge in [-0.25, -0.2) is 0 Å². The Morgan fingerprint density at radius 3 is 2.45 bits per heavy atom. The van der Waals surface area contributed by atoms with Gasteiger partial charge in [-0.1, -0.05) is 6.92 Å². The SMILES string of the molecule is CCc1c([N+](=O)[O-])cc2[nH]c(=O)c(=O)[nH]c2c1CNC. The Morgan fingerprint density at radius 2 is 1.90 bits per heavy atom. The number of nitro benzene ring substituents is 1. The second-order valence-electron chi connectivity index (χ2n) is 4.32. The van der Waals surface area contributed by atoms with E-state index in [1.165, 1.54) is 6.07 Å². The molecule has 2 rings (SSSR count). The molecule has 0 unspecified atom stereocenters. The van der Waals surface area contributed by atoms with Crippen LogP contribution >= 0.6 is 0 Å².